The highest BCUT2D eigenvalue weighted by Crippen LogP contribution is 2.24. The molecule has 3 nitrogen and oxygen atoms in total. The van der Waals surface area contributed by atoms with Crippen LogP contribution in [0.1, 0.15) is 30.9 Å². The van der Waals surface area contributed by atoms with Crippen LogP contribution in [0.3, 0.4) is 0 Å². The molecule has 1 fully saturated rings. The third kappa shape index (κ3) is 3.07. The first kappa shape index (κ1) is 12.6. The highest BCUT2D eigenvalue weighted by atomic mass is 79.9. The van der Waals surface area contributed by atoms with Gasteiger partial charge in [-0.05, 0) is 24.5 Å². The number of rotatable bonds is 3. The molecule has 1 aliphatic rings. The van der Waals surface area contributed by atoms with Crippen molar-refractivity contribution >= 4 is 21.8 Å². The second-order valence-corrected chi connectivity index (χ2v) is 5.27. The molecule has 2 N–H and O–H groups in total. The predicted octanol–water partition coefficient (Wildman–Crippen LogP) is 2.46. The molecule has 1 aromatic carbocycles. The summed E-state index contributed by atoms with van der Waals surface area (Å²) in [5.41, 5.74) is 7.09. The van der Waals surface area contributed by atoms with Crippen molar-refractivity contribution in [2.24, 2.45) is 5.73 Å². The van der Waals surface area contributed by atoms with Crippen LogP contribution in [0, 0.1) is 0 Å². The predicted molar refractivity (Wildman–Crippen MR) is 71.5 cm³/mol. The zero-order chi connectivity index (χ0) is 12.3. The van der Waals surface area contributed by atoms with Crippen LogP contribution in [0.4, 0.5) is 0 Å². The quantitative estimate of drug-likeness (QED) is 0.931. The number of hydrogen-bond donors (Lipinski definition) is 1. The van der Waals surface area contributed by atoms with Gasteiger partial charge in [0, 0.05) is 30.0 Å². The van der Waals surface area contributed by atoms with Crippen molar-refractivity contribution < 1.29 is 4.79 Å². The second kappa shape index (κ2) is 5.65. The molecule has 1 aromatic rings. The number of nitrogens with two attached hydrogens (primary N) is 1. The lowest BCUT2D eigenvalue weighted by Gasteiger charge is -2.19. The van der Waals surface area contributed by atoms with Crippen molar-refractivity contribution in [1.82, 2.24) is 4.90 Å². The second-order valence-electron chi connectivity index (χ2n) is 4.42. The topological polar surface area (TPSA) is 46.3 Å². The number of halogens is 1. The lowest BCUT2D eigenvalue weighted by molar-refractivity contribution is -0.130. The molecule has 0 aliphatic carbocycles. The highest BCUT2D eigenvalue weighted by molar-refractivity contribution is 9.10. The Hall–Kier alpha value is -0.870. The molecule has 1 atom stereocenters. The van der Waals surface area contributed by atoms with Crippen molar-refractivity contribution in [3.8, 4) is 0 Å². The summed E-state index contributed by atoms with van der Waals surface area (Å²) in [6.07, 6.45) is 2.63. The zero-order valence-corrected chi connectivity index (χ0v) is 11.3. The maximum Gasteiger partial charge on any atom is 0.224 e. The van der Waals surface area contributed by atoms with E-state index < -0.39 is 0 Å². The van der Waals surface area contributed by atoms with Gasteiger partial charge in [0.05, 0.1) is 0 Å². The standard InChI is InChI=1S/C13H17BrN2O/c14-11-6-2-1-5-10(11)12(15)9-13(17)16-7-3-4-8-16/h1-2,5-6,12H,3-4,7-9,15H2. The Morgan fingerprint density at radius 3 is 2.65 bits per heavy atom. The minimum Gasteiger partial charge on any atom is -0.343 e. The van der Waals surface area contributed by atoms with Crippen LogP contribution >= 0.6 is 15.9 Å². The molecule has 0 bridgehead atoms. The first-order valence-corrected chi connectivity index (χ1v) is 6.75. The molecule has 1 saturated heterocycles. The van der Waals surface area contributed by atoms with Crippen LogP contribution < -0.4 is 5.73 Å². The Balaban J connectivity index is 1.99. The third-order valence-corrected chi connectivity index (χ3v) is 3.88. The van der Waals surface area contributed by atoms with Gasteiger partial charge in [-0.1, -0.05) is 34.1 Å². The monoisotopic (exact) mass is 296 g/mol. The van der Waals surface area contributed by atoms with Crippen LogP contribution in [0.5, 0.6) is 0 Å². The van der Waals surface area contributed by atoms with E-state index in [1.54, 1.807) is 0 Å². The summed E-state index contributed by atoms with van der Waals surface area (Å²) in [6.45, 7) is 1.78. The molecule has 0 spiro atoms. The largest absolute Gasteiger partial charge is 0.343 e. The van der Waals surface area contributed by atoms with E-state index in [-0.39, 0.29) is 11.9 Å². The van der Waals surface area contributed by atoms with Crippen LogP contribution in [-0.2, 0) is 4.79 Å². The maximum atomic E-state index is 12.0. The number of likely N-dealkylation sites (tertiary alicyclic amines) is 1. The molecule has 1 unspecified atom stereocenters. The number of carbonyl (C=O) groups excluding carboxylic acids is 1. The fraction of sp³-hybridized carbons (Fsp3) is 0.462. The highest BCUT2D eigenvalue weighted by Gasteiger charge is 2.21. The van der Waals surface area contributed by atoms with E-state index in [1.807, 2.05) is 29.2 Å². The van der Waals surface area contributed by atoms with E-state index in [2.05, 4.69) is 15.9 Å². The van der Waals surface area contributed by atoms with Gasteiger partial charge in [-0.2, -0.15) is 0 Å². The number of amides is 1. The molecule has 1 amide bonds. The first-order valence-electron chi connectivity index (χ1n) is 5.96. The Morgan fingerprint density at radius 1 is 1.35 bits per heavy atom. The lowest BCUT2D eigenvalue weighted by Crippen LogP contribution is -2.30. The fourth-order valence-electron chi connectivity index (χ4n) is 2.17. The fourth-order valence-corrected chi connectivity index (χ4v) is 2.75. The van der Waals surface area contributed by atoms with E-state index in [9.17, 15) is 4.79 Å². The molecule has 17 heavy (non-hydrogen) atoms. The summed E-state index contributed by atoms with van der Waals surface area (Å²) in [7, 11) is 0. The van der Waals surface area contributed by atoms with Gasteiger partial charge in [-0.15, -0.1) is 0 Å². The Morgan fingerprint density at radius 2 is 2.00 bits per heavy atom. The minimum absolute atomic E-state index is 0.172. The number of hydrogen-bond acceptors (Lipinski definition) is 2. The molecule has 2 rings (SSSR count). The summed E-state index contributed by atoms with van der Waals surface area (Å²) in [5.74, 6) is 0.172. The average Bonchev–Trinajstić information content (AvgIpc) is 2.82. The van der Waals surface area contributed by atoms with Gasteiger partial charge < -0.3 is 10.6 Å². The Kier molecular flexibility index (Phi) is 4.18. The van der Waals surface area contributed by atoms with Gasteiger partial charge in [0.15, 0.2) is 0 Å². The zero-order valence-electron chi connectivity index (χ0n) is 9.73. The molecule has 4 heteroatoms. The van der Waals surface area contributed by atoms with E-state index >= 15 is 0 Å². The van der Waals surface area contributed by atoms with Gasteiger partial charge in [0.2, 0.25) is 5.91 Å². The Labute approximate surface area is 110 Å². The summed E-state index contributed by atoms with van der Waals surface area (Å²) in [4.78, 5) is 13.9. The van der Waals surface area contributed by atoms with Crippen LogP contribution in [-0.4, -0.2) is 23.9 Å². The number of benzene rings is 1. The minimum atomic E-state index is -0.223. The van der Waals surface area contributed by atoms with Gasteiger partial charge in [-0.3, -0.25) is 4.79 Å². The summed E-state index contributed by atoms with van der Waals surface area (Å²) >= 11 is 3.47. The van der Waals surface area contributed by atoms with E-state index in [1.165, 1.54) is 0 Å². The molecule has 0 saturated carbocycles. The van der Waals surface area contributed by atoms with Crippen molar-refractivity contribution in [2.75, 3.05) is 13.1 Å². The van der Waals surface area contributed by atoms with Gasteiger partial charge in [0.25, 0.3) is 0 Å². The third-order valence-electron chi connectivity index (χ3n) is 3.16. The molecule has 0 aromatic heterocycles. The summed E-state index contributed by atoms with van der Waals surface area (Å²) < 4.78 is 0.974. The van der Waals surface area contributed by atoms with Crippen LogP contribution in [0.2, 0.25) is 0 Å². The molecular weight excluding hydrogens is 280 g/mol. The first-order chi connectivity index (χ1) is 8.18. The molecule has 1 aliphatic heterocycles. The Bertz CT molecular complexity index is 402. The SMILES string of the molecule is NC(CC(=O)N1CCCC1)c1ccccc1Br. The van der Waals surface area contributed by atoms with Gasteiger partial charge >= 0.3 is 0 Å². The normalized spacial score (nSPS) is 17.2. The number of carbonyl (C=O) groups is 1. The van der Waals surface area contributed by atoms with Crippen molar-refractivity contribution in [3.63, 3.8) is 0 Å². The van der Waals surface area contributed by atoms with Crippen molar-refractivity contribution in [2.45, 2.75) is 25.3 Å². The van der Waals surface area contributed by atoms with Crippen LogP contribution in [0.25, 0.3) is 0 Å². The van der Waals surface area contributed by atoms with E-state index in [0.717, 1.165) is 36.0 Å². The smallest absolute Gasteiger partial charge is 0.224 e. The van der Waals surface area contributed by atoms with Crippen LogP contribution in [0.15, 0.2) is 28.7 Å². The maximum absolute atomic E-state index is 12.0. The van der Waals surface area contributed by atoms with E-state index in [0.29, 0.717) is 6.42 Å². The van der Waals surface area contributed by atoms with Gasteiger partial charge in [-0.25, -0.2) is 0 Å². The van der Waals surface area contributed by atoms with E-state index in [4.69, 9.17) is 5.73 Å². The summed E-state index contributed by atoms with van der Waals surface area (Å²) in [6, 6.07) is 7.59. The molecule has 0 radical (unpaired) electrons. The van der Waals surface area contributed by atoms with Crippen molar-refractivity contribution in [1.29, 1.82) is 0 Å². The molecule has 92 valence electrons. The summed E-state index contributed by atoms with van der Waals surface area (Å²) in [5, 5.41) is 0. The van der Waals surface area contributed by atoms with Gasteiger partial charge in [0.1, 0.15) is 0 Å². The number of nitrogens with zero attached hydrogens (tertiary/aromatic N) is 1. The average molecular weight is 297 g/mol. The molecular formula is C13H17BrN2O. The van der Waals surface area contributed by atoms with Crippen molar-refractivity contribution in [3.05, 3.63) is 34.3 Å². The molecule has 1 heterocycles. The lowest BCUT2D eigenvalue weighted by atomic mass is 10.0.